The number of aliphatic carboxylic acids is 1. The van der Waals surface area contributed by atoms with Crippen molar-refractivity contribution >= 4 is 29.5 Å². The van der Waals surface area contributed by atoms with E-state index in [-0.39, 0.29) is 0 Å². The van der Waals surface area contributed by atoms with Gasteiger partial charge in [0.1, 0.15) is 11.9 Å². The zero-order valence-corrected chi connectivity index (χ0v) is 14.2. The molecule has 0 saturated heterocycles. The summed E-state index contributed by atoms with van der Waals surface area (Å²) in [5.41, 5.74) is 5.28. The van der Waals surface area contributed by atoms with Crippen LogP contribution in [0.25, 0.3) is 11.3 Å². The zero-order chi connectivity index (χ0) is 16.0. The number of nitrogens with one attached hydrogen (secondary N) is 1. The molecule has 0 bridgehead atoms. The fraction of sp³-hybridized carbons (Fsp3) is 0.375. The molecule has 1 atom stereocenters. The van der Waals surface area contributed by atoms with Crippen molar-refractivity contribution in [3.63, 3.8) is 0 Å². The molecule has 0 saturated carbocycles. The highest BCUT2D eigenvalue weighted by molar-refractivity contribution is 7.73. The third-order valence-electron chi connectivity index (χ3n) is 3.96. The van der Waals surface area contributed by atoms with Crippen LogP contribution in [-0.2, 0) is 11.2 Å². The average Bonchev–Trinajstić information content (AvgIpc) is 2.93. The van der Waals surface area contributed by atoms with Crippen molar-refractivity contribution in [2.75, 3.05) is 0 Å². The minimum Gasteiger partial charge on any atom is -0.546 e. The second-order valence-electron chi connectivity index (χ2n) is 5.52. The van der Waals surface area contributed by atoms with Crippen molar-refractivity contribution in [2.24, 2.45) is 0 Å². The first kappa shape index (κ1) is 15.2. The predicted molar refractivity (Wildman–Crippen MR) is 86.9 cm³/mol. The van der Waals surface area contributed by atoms with Crippen LogP contribution in [0.2, 0.25) is 0 Å². The monoisotopic (exact) mass is 334 g/mol. The Morgan fingerprint density at radius 3 is 2.86 bits per heavy atom. The maximum Gasteiger partial charge on any atom is 0.159 e. The van der Waals surface area contributed by atoms with Crippen LogP contribution in [0.3, 0.4) is 0 Å². The second kappa shape index (κ2) is 5.52. The number of ether oxygens (including phenoxy) is 1. The number of carbonyl (C=O) groups is 1. The van der Waals surface area contributed by atoms with Crippen LogP contribution < -0.4 is 9.84 Å². The molecule has 1 aromatic heterocycles. The molecule has 22 heavy (non-hydrogen) atoms. The second-order valence-corrected chi connectivity index (χ2v) is 7.29. The molecule has 1 N–H and O–H groups in total. The number of hydrogen-bond donors (Lipinski definition) is 1. The first-order chi connectivity index (χ1) is 10.4. The molecule has 1 heterocycles. The van der Waals surface area contributed by atoms with Gasteiger partial charge < -0.3 is 19.6 Å². The molecule has 0 fully saturated rings. The number of aromatic amines is 1. The van der Waals surface area contributed by atoms with Gasteiger partial charge in [0, 0.05) is 22.4 Å². The van der Waals surface area contributed by atoms with E-state index in [9.17, 15) is 9.90 Å². The van der Waals surface area contributed by atoms with E-state index < -0.39 is 12.1 Å². The molecular weight excluding hydrogens is 318 g/mol. The zero-order valence-electron chi connectivity index (χ0n) is 12.6. The van der Waals surface area contributed by atoms with Gasteiger partial charge in [0.05, 0.1) is 11.7 Å². The number of rotatable bonds is 4. The fourth-order valence-electron chi connectivity index (χ4n) is 3.02. The summed E-state index contributed by atoms with van der Waals surface area (Å²) in [5, 5.41) is 11.2. The third kappa shape index (κ3) is 2.36. The molecule has 0 spiro atoms. The minimum absolute atomic E-state index is 0.370. The van der Waals surface area contributed by atoms with Crippen molar-refractivity contribution in [1.82, 2.24) is 4.98 Å². The van der Waals surface area contributed by atoms with Gasteiger partial charge in [-0.15, -0.1) is 11.3 Å². The van der Waals surface area contributed by atoms with Crippen LogP contribution in [-0.4, -0.2) is 17.1 Å². The Balaban J connectivity index is 2.13. The highest BCUT2D eigenvalue weighted by atomic mass is 32.1. The Bertz CT molecular complexity index is 820. The normalized spacial score (nSPS) is 13.6. The lowest BCUT2D eigenvalue weighted by Gasteiger charge is -2.22. The summed E-state index contributed by atoms with van der Waals surface area (Å²) in [6.07, 6.45) is 0.168. The number of carboxylic acids is 1. The molecule has 6 heteroatoms. The molecule has 3 rings (SSSR count). The molecule has 116 valence electrons. The van der Waals surface area contributed by atoms with Crippen LogP contribution in [0.4, 0.5) is 0 Å². The molecule has 0 amide bonds. The predicted octanol–water partition coefficient (Wildman–Crippen LogP) is 2.90. The molecular formula is C16H16NO3S2-. The largest absolute Gasteiger partial charge is 0.546 e. The van der Waals surface area contributed by atoms with Gasteiger partial charge in [-0.1, -0.05) is 13.0 Å². The number of aromatic nitrogens is 1. The number of carbonyl (C=O) groups excluding carboxylic acids is 1. The van der Waals surface area contributed by atoms with Crippen molar-refractivity contribution in [1.29, 1.82) is 0 Å². The number of H-pyrrole nitrogens is 1. The number of benzene rings is 1. The van der Waals surface area contributed by atoms with E-state index in [0.29, 0.717) is 12.2 Å². The topological polar surface area (TPSA) is 65.2 Å². The molecule has 0 radical (unpaired) electrons. The first-order valence-corrected chi connectivity index (χ1v) is 8.37. The van der Waals surface area contributed by atoms with E-state index >= 15 is 0 Å². The van der Waals surface area contributed by atoms with Crippen molar-refractivity contribution < 1.29 is 14.6 Å². The summed E-state index contributed by atoms with van der Waals surface area (Å²) in [5.74, 6) is -0.511. The lowest BCUT2D eigenvalue weighted by atomic mass is 9.98. The van der Waals surface area contributed by atoms with E-state index in [1.54, 1.807) is 18.3 Å². The number of fused-ring (bicyclic) bond motifs is 3. The third-order valence-corrected chi connectivity index (χ3v) is 5.20. The van der Waals surface area contributed by atoms with Gasteiger partial charge in [-0.2, -0.15) is 0 Å². The van der Waals surface area contributed by atoms with Gasteiger partial charge >= 0.3 is 0 Å². The van der Waals surface area contributed by atoms with Crippen LogP contribution >= 0.6 is 23.6 Å². The van der Waals surface area contributed by atoms with Crippen molar-refractivity contribution in [3.05, 3.63) is 31.6 Å². The summed E-state index contributed by atoms with van der Waals surface area (Å²) in [4.78, 5) is 15.6. The van der Waals surface area contributed by atoms with Crippen molar-refractivity contribution in [2.45, 2.75) is 39.7 Å². The number of thiazole rings is 1. The quantitative estimate of drug-likeness (QED) is 0.745. The molecule has 0 aliphatic heterocycles. The lowest BCUT2D eigenvalue weighted by Crippen LogP contribution is -2.39. The van der Waals surface area contributed by atoms with Crippen LogP contribution in [0, 0.1) is 17.8 Å². The molecule has 2 aromatic rings. The highest BCUT2D eigenvalue weighted by Crippen LogP contribution is 2.46. The van der Waals surface area contributed by atoms with Gasteiger partial charge in [-0.25, -0.2) is 0 Å². The number of carboxylic acid groups (broad SMARTS) is 1. The standard InChI is InChI=1S/C16H17NO3S2/c1-4-10(15(18)19)20-14-8(3)5-7(2)12-9(14)6-11-13(12)17-16(21)22-11/h5,10H,4,6H2,1-3H3,(H,17,21)(H,18,19)/p-1. The number of hydrogen-bond acceptors (Lipinski definition) is 5. The summed E-state index contributed by atoms with van der Waals surface area (Å²) in [6.45, 7) is 5.77. The van der Waals surface area contributed by atoms with E-state index in [1.165, 1.54) is 4.88 Å². The van der Waals surface area contributed by atoms with E-state index in [2.05, 4.69) is 11.9 Å². The summed E-state index contributed by atoms with van der Waals surface area (Å²) < 4.78 is 6.55. The molecule has 1 unspecified atom stereocenters. The highest BCUT2D eigenvalue weighted by Gasteiger charge is 2.28. The van der Waals surface area contributed by atoms with Gasteiger partial charge in [-0.05, 0) is 43.6 Å². The van der Waals surface area contributed by atoms with E-state index in [4.69, 9.17) is 17.0 Å². The molecule has 1 aliphatic carbocycles. The first-order valence-electron chi connectivity index (χ1n) is 7.15. The Morgan fingerprint density at radius 2 is 2.23 bits per heavy atom. The van der Waals surface area contributed by atoms with Gasteiger partial charge in [0.2, 0.25) is 0 Å². The summed E-state index contributed by atoms with van der Waals surface area (Å²) >= 11 is 6.78. The SMILES string of the molecule is CCC(Oc1c(C)cc(C)c2c1Cc1sc(=S)[nH]c1-2)C(=O)[O-]. The van der Waals surface area contributed by atoms with Crippen molar-refractivity contribution in [3.8, 4) is 17.0 Å². The van der Waals surface area contributed by atoms with Gasteiger partial charge in [-0.3, -0.25) is 0 Å². The maximum absolute atomic E-state index is 11.2. The van der Waals surface area contributed by atoms with Gasteiger partial charge in [0.15, 0.2) is 3.95 Å². The number of aryl methyl sites for hydroxylation is 2. The lowest BCUT2D eigenvalue weighted by molar-refractivity contribution is -0.313. The van der Waals surface area contributed by atoms with E-state index in [1.807, 2.05) is 13.0 Å². The van der Waals surface area contributed by atoms with Crippen LogP contribution in [0.5, 0.6) is 5.75 Å². The maximum atomic E-state index is 11.2. The Morgan fingerprint density at radius 1 is 1.50 bits per heavy atom. The Labute approximate surface area is 137 Å². The summed E-state index contributed by atoms with van der Waals surface area (Å²) in [7, 11) is 0. The summed E-state index contributed by atoms with van der Waals surface area (Å²) in [6, 6.07) is 2.03. The van der Waals surface area contributed by atoms with Crippen LogP contribution in [0.1, 0.15) is 34.9 Å². The van der Waals surface area contributed by atoms with E-state index in [0.717, 1.165) is 38.3 Å². The Hall–Kier alpha value is -1.66. The van der Waals surface area contributed by atoms with Gasteiger partial charge in [0.25, 0.3) is 0 Å². The smallest absolute Gasteiger partial charge is 0.159 e. The molecule has 4 nitrogen and oxygen atoms in total. The minimum atomic E-state index is -1.18. The average molecular weight is 334 g/mol. The van der Waals surface area contributed by atoms with Crippen LogP contribution in [0.15, 0.2) is 6.07 Å². The molecule has 1 aliphatic rings. The fourth-order valence-corrected chi connectivity index (χ4v) is 4.27. The Kier molecular flexibility index (Phi) is 3.82. The molecule has 1 aromatic carbocycles.